The van der Waals surface area contributed by atoms with Gasteiger partial charge in [0.1, 0.15) is 11.9 Å². The van der Waals surface area contributed by atoms with Crippen LogP contribution < -0.4 is 0 Å². The van der Waals surface area contributed by atoms with Gasteiger partial charge in [0.05, 0.1) is 13.0 Å². The van der Waals surface area contributed by atoms with Crippen LogP contribution in [-0.4, -0.2) is 24.5 Å². The van der Waals surface area contributed by atoms with E-state index in [0.29, 0.717) is 18.8 Å². The first-order chi connectivity index (χ1) is 9.13. The SMILES string of the molecule is CC#CC#CC=C1C=C[C@@]2(C[C@@H](OC(C)=O)CO2)O1. The predicted molar refractivity (Wildman–Crippen MR) is 68.4 cm³/mol. The van der Waals surface area contributed by atoms with Gasteiger partial charge in [-0.1, -0.05) is 11.8 Å². The topological polar surface area (TPSA) is 44.8 Å². The van der Waals surface area contributed by atoms with Crippen LogP contribution in [0.2, 0.25) is 0 Å². The second-order valence-electron chi connectivity index (χ2n) is 4.18. The summed E-state index contributed by atoms with van der Waals surface area (Å²) >= 11 is 0. The number of ether oxygens (including phenoxy) is 3. The van der Waals surface area contributed by atoms with Crippen molar-refractivity contribution in [2.75, 3.05) is 6.61 Å². The van der Waals surface area contributed by atoms with Crippen LogP contribution in [0.25, 0.3) is 0 Å². The Morgan fingerprint density at radius 2 is 2.42 bits per heavy atom. The van der Waals surface area contributed by atoms with Gasteiger partial charge in [-0.25, -0.2) is 0 Å². The van der Waals surface area contributed by atoms with E-state index in [0.717, 1.165) is 0 Å². The van der Waals surface area contributed by atoms with Crippen LogP contribution >= 0.6 is 0 Å². The highest BCUT2D eigenvalue weighted by molar-refractivity contribution is 5.66. The van der Waals surface area contributed by atoms with Crippen molar-refractivity contribution in [3.8, 4) is 23.7 Å². The van der Waals surface area contributed by atoms with Gasteiger partial charge in [-0.2, -0.15) is 0 Å². The molecule has 1 spiro atoms. The fourth-order valence-corrected chi connectivity index (χ4v) is 1.93. The quantitative estimate of drug-likeness (QED) is 0.528. The van der Waals surface area contributed by atoms with Gasteiger partial charge in [-0.05, 0) is 30.9 Å². The van der Waals surface area contributed by atoms with Gasteiger partial charge >= 0.3 is 5.97 Å². The molecule has 4 heteroatoms. The first kappa shape index (κ1) is 13.3. The number of hydrogen-bond donors (Lipinski definition) is 0. The molecule has 0 aromatic rings. The minimum absolute atomic E-state index is 0.265. The molecule has 0 aromatic carbocycles. The predicted octanol–water partition coefficient (Wildman–Crippen LogP) is 1.53. The number of esters is 1. The molecule has 98 valence electrons. The average Bonchev–Trinajstić information content (AvgIpc) is 2.93. The number of rotatable bonds is 1. The van der Waals surface area contributed by atoms with E-state index in [1.807, 2.05) is 6.08 Å². The third-order valence-electron chi connectivity index (χ3n) is 2.62. The van der Waals surface area contributed by atoms with Crippen LogP contribution in [0.3, 0.4) is 0 Å². The fourth-order valence-electron chi connectivity index (χ4n) is 1.93. The summed E-state index contributed by atoms with van der Waals surface area (Å²) < 4.78 is 16.4. The maximum absolute atomic E-state index is 10.9. The van der Waals surface area contributed by atoms with Crippen LogP contribution in [0.4, 0.5) is 0 Å². The number of hydrogen-bond acceptors (Lipinski definition) is 4. The molecule has 2 atom stereocenters. The van der Waals surface area contributed by atoms with E-state index in [2.05, 4.69) is 23.7 Å². The van der Waals surface area contributed by atoms with Crippen molar-refractivity contribution < 1.29 is 19.0 Å². The maximum atomic E-state index is 10.9. The van der Waals surface area contributed by atoms with E-state index in [4.69, 9.17) is 14.2 Å². The molecule has 0 saturated carbocycles. The molecule has 2 aliphatic heterocycles. The lowest BCUT2D eigenvalue weighted by Gasteiger charge is -2.20. The fraction of sp³-hybridized carbons (Fsp3) is 0.400. The molecule has 4 nitrogen and oxygen atoms in total. The van der Waals surface area contributed by atoms with E-state index in [-0.39, 0.29) is 12.1 Å². The van der Waals surface area contributed by atoms with Gasteiger partial charge in [0.2, 0.25) is 5.79 Å². The van der Waals surface area contributed by atoms with Crippen LogP contribution in [0.15, 0.2) is 24.0 Å². The van der Waals surface area contributed by atoms with Crippen molar-refractivity contribution in [1.29, 1.82) is 0 Å². The Morgan fingerprint density at radius 1 is 1.58 bits per heavy atom. The molecule has 1 saturated heterocycles. The third kappa shape index (κ3) is 3.40. The summed E-state index contributed by atoms with van der Waals surface area (Å²) in [5.74, 6) is 10.2. The van der Waals surface area contributed by atoms with E-state index in [9.17, 15) is 4.79 Å². The molecular formula is C15H14O4. The first-order valence-corrected chi connectivity index (χ1v) is 5.95. The van der Waals surface area contributed by atoms with Gasteiger partial charge in [0, 0.05) is 13.0 Å². The summed E-state index contributed by atoms with van der Waals surface area (Å²) in [6.45, 7) is 3.44. The van der Waals surface area contributed by atoms with Crippen molar-refractivity contribution in [1.82, 2.24) is 0 Å². The van der Waals surface area contributed by atoms with Crippen LogP contribution in [0, 0.1) is 23.7 Å². The van der Waals surface area contributed by atoms with Gasteiger partial charge in [0.15, 0.2) is 0 Å². The molecule has 2 aliphatic rings. The molecule has 0 amide bonds. The lowest BCUT2D eigenvalue weighted by molar-refractivity contribution is -0.146. The second kappa shape index (κ2) is 5.65. The molecule has 2 rings (SSSR count). The molecule has 19 heavy (non-hydrogen) atoms. The van der Waals surface area contributed by atoms with Crippen molar-refractivity contribution >= 4 is 5.97 Å². The Hall–Kier alpha value is -2.17. The lowest BCUT2D eigenvalue weighted by Crippen LogP contribution is -2.26. The van der Waals surface area contributed by atoms with Crippen molar-refractivity contribution in [3.63, 3.8) is 0 Å². The Labute approximate surface area is 112 Å². The van der Waals surface area contributed by atoms with Gasteiger partial charge < -0.3 is 14.2 Å². The molecule has 0 radical (unpaired) electrons. The molecule has 1 fully saturated rings. The molecular weight excluding hydrogens is 244 g/mol. The monoisotopic (exact) mass is 258 g/mol. The summed E-state index contributed by atoms with van der Waals surface area (Å²) in [7, 11) is 0. The van der Waals surface area contributed by atoms with E-state index in [1.165, 1.54) is 6.92 Å². The highest BCUT2D eigenvalue weighted by Crippen LogP contribution is 2.36. The van der Waals surface area contributed by atoms with Crippen molar-refractivity contribution in [3.05, 3.63) is 24.0 Å². The van der Waals surface area contributed by atoms with E-state index in [1.54, 1.807) is 19.1 Å². The normalized spacial score (nSPS) is 29.4. The van der Waals surface area contributed by atoms with Gasteiger partial charge in [-0.15, -0.1) is 0 Å². The zero-order chi connectivity index (χ0) is 13.7. The molecule has 2 heterocycles. The van der Waals surface area contributed by atoms with Crippen LogP contribution in [0.1, 0.15) is 20.3 Å². The second-order valence-corrected chi connectivity index (χ2v) is 4.18. The number of carbonyl (C=O) groups is 1. The van der Waals surface area contributed by atoms with E-state index < -0.39 is 5.79 Å². The summed E-state index contributed by atoms with van der Waals surface area (Å²) in [5, 5.41) is 0. The number of carbonyl (C=O) groups excluding carboxylic acids is 1. The Balaban J connectivity index is 1.96. The summed E-state index contributed by atoms with van der Waals surface area (Å²) in [6, 6.07) is 0. The highest BCUT2D eigenvalue weighted by atomic mass is 16.7. The maximum Gasteiger partial charge on any atom is 0.302 e. The van der Waals surface area contributed by atoms with Crippen LogP contribution in [0.5, 0.6) is 0 Å². The first-order valence-electron chi connectivity index (χ1n) is 5.95. The van der Waals surface area contributed by atoms with Crippen molar-refractivity contribution in [2.24, 2.45) is 0 Å². The molecule has 0 aliphatic carbocycles. The minimum atomic E-state index is -0.815. The lowest BCUT2D eigenvalue weighted by atomic mass is 10.1. The standard InChI is InChI=1S/C15H14O4/c1-3-4-5-6-7-13-8-9-15(19-13)10-14(11-17-15)18-12(2)16/h7-9,14H,10-11H2,1-2H3/t14-,15+/m1/s1. The number of allylic oxidation sites excluding steroid dienone is 2. The Morgan fingerprint density at radius 3 is 3.16 bits per heavy atom. The third-order valence-corrected chi connectivity index (χ3v) is 2.62. The Kier molecular flexibility index (Phi) is 3.94. The van der Waals surface area contributed by atoms with Gasteiger partial charge in [0.25, 0.3) is 0 Å². The van der Waals surface area contributed by atoms with Gasteiger partial charge in [-0.3, -0.25) is 4.79 Å². The largest absolute Gasteiger partial charge is 0.460 e. The molecule has 0 aromatic heterocycles. The molecule has 0 unspecified atom stereocenters. The summed E-state index contributed by atoms with van der Waals surface area (Å²) in [5.41, 5.74) is 0. The molecule has 0 N–H and O–H groups in total. The zero-order valence-electron chi connectivity index (χ0n) is 10.9. The molecule has 0 bridgehead atoms. The zero-order valence-corrected chi connectivity index (χ0v) is 10.9. The van der Waals surface area contributed by atoms with E-state index >= 15 is 0 Å². The van der Waals surface area contributed by atoms with Crippen LogP contribution in [-0.2, 0) is 19.0 Å². The summed E-state index contributed by atoms with van der Waals surface area (Å²) in [6.07, 6.45) is 5.47. The summed E-state index contributed by atoms with van der Waals surface area (Å²) in [4.78, 5) is 10.9. The Bertz CT molecular complexity index is 550. The minimum Gasteiger partial charge on any atom is -0.460 e. The smallest absolute Gasteiger partial charge is 0.302 e. The van der Waals surface area contributed by atoms with Crippen molar-refractivity contribution in [2.45, 2.75) is 32.2 Å². The highest BCUT2D eigenvalue weighted by Gasteiger charge is 2.44. The average molecular weight is 258 g/mol.